The standard InChI is InChI=1S/C21H25NO3/c1-20(2)12-21(14-24-3)13-22(11-18(20)21)19(23)16-8-6-15(7-9-16)17-5-4-10-25-17/h4-10,18H,11-14H2,1-3H3/t18-,21-/m1/s1. The van der Waals surface area contributed by atoms with Crippen LogP contribution >= 0.6 is 0 Å². The zero-order valence-electron chi connectivity index (χ0n) is 15.1. The van der Waals surface area contributed by atoms with Gasteiger partial charge in [0.2, 0.25) is 0 Å². The Hall–Kier alpha value is -2.07. The van der Waals surface area contributed by atoms with E-state index in [2.05, 4.69) is 13.8 Å². The molecule has 1 aliphatic carbocycles. The van der Waals surface area contributed by atoms with E-state index in [1.54, 1.807) is 13.4 Å². The number of carbonyl (C=O) groups is 1. The molecule has 132 valence electrons. The zero-order chi connectivity index (χ0) is 17.7. The molecule has 0 unspecified atom stereocenters. The van der Waals surface area contributed by atoms with Crippen LogP contribution in [0.1, 0.15) is 30.6 Å². The average molecular weight is 339 g/mol. The van der Waals surface area contributed by atoms with Crippen molar-refractivity contribution >= 4 is 5.91 Å². The number of hydrogen-bond donors (Lipinski definition) is 0. The van der Waals surface area contributed by atoms with Crippen molar-refractivity contribution < 1.29 is 13.9 Å². The van der Waals surface area contributed by atoms with Gasteiger partial charge in [0.1, 0.15) is 5.76 Å². The highest BCUT2D eigenvalue weighted by Gasteiger charge is 2.63. The second-order valence-corrected chi connectivity index (χ2v) is 8.25. The Morgan fingerprint density at radius 1 is 1.28 bits per heavy atom. The number of methoxy groups -OCH3 is 1. The maximum absolute atomic E-state index is 13.0. The van der Waals surface area contributed by atoms with Crippen molar-refractivity contribution in [2.75, 3.05) is 26.8 Å². The largest absolute Gasteiger partial charge is 0.464 e. The van der Waals surface area contributed by atoms with Crippen LogP contribution in [0.3, 0.4) is 0 Å². The Kier molecular flexibility index (Phi) is 3.76. The molecule has 2 atom stereocenters. The van der Waals surface area contributed by atoms with Crippen molar-refractivity contribution in [3.8, 4) is 11.3 Å². The molecule has 0 bridgehead atoms. The molecular formula is C21H25NO3. The first-order valence-electron chi connectivity index (χ1n) is 8.87. The third-order valence-corrected chi connectivity index (χ3v) is 6.06. The lowest BCUT2D eigenvalue weighted by molar-refractivity contribution is -0.107. The highest BCUT2D eigenvalue weighted by Crippen LogP contribution is 2.62. The van der Waals surface area contributed by atoms with Gasteiger partial charge in [-0.3, -0.25) is 4.79 Å². The lowest BCUT2D eigenvalue weighted by atomic mass is 9.48. The molecule has 0 radical (unpaired) electrons. The smallest absolute Gasteiger partial charge is 0.253 e. The number of rotatable bonds is 4. The van der Waals surface area contributed by atoms with E-state index in [9.17, 15) is 4.79 Å². The summed E-state index contributed by atoms with van der Waals surface area (Å²) in [6, 6.07) is 11.5. The first-order chi connectivity index (χ1) is 12.0. The minimum Gasteiger partial charge on any atom is -0.464 e. The number of furan rings is 1. The van der Waals surface area contributed by atoms with E-state index in [0.717, 1.165) is 43.0 Å². The van der Waals surface area contributed by atoms with Gasteiger partial charge in [-0.15, -0.1) is 0 Å². The summed E-state index contributed by atoms with van der Waals surface area (Å²) in [7, 11) is 1.76. The molecule has 2 heterocycles. The van der Waals surface area contributed by atoms with Crippen molar-refractivity contribution in [2.24, 2.45) is 16.7 Å². The van der Waals surface area contributed by atoms with Crippen molar-refractivity contribution in [3.63, 3.8) is 0 Å². The maximum atomic E-state index is 13.0. The molecule has 2 aromatic rings. The summed E-state index contributed by atoms with van der Waals surface area (Å²) in [6.07, 6.45) is 2.78. The van der Waals surface area contributed by atoms with Crippen LogP contribution in [0.2, 0.25) is 0 Å². The lowest BCUT2D eigenvalue weighted by Gasteiger charge is -2.56. The molecule has 1 amide bonds. The van der Waals surface area contributed by atoms with E-state index in [1.807, 2.05) is 41.3 Å². The normalized spacial score (nSPS) is 27.0. The van der Waals surface area contributed by atoms with E-state index in [1.165, 1.54) is 0 Å². The van der Waals surface area contributed by atoms with Gasteiger partial charge in [-0.05, 0) is 42.0 Å². The molecule has 1 aromatic carbocycles. The summed E-state index contributed by atoms with van der Waals surface area (Å²) in [5.74, 6) is 1.46. The Balaban J connectivity index is 1.52. The van der Waals surface area contributed by atoms with Crippen molar-refractivity contribution in [3.05, 3.63) is 48.2 Å². The summed E-state index contributed by atoms with van der Waals surface area (Å²) >= 11 is 0. The number of ether oxygens (including phenoxy) is 1. The van der Waals surface area contributed by atoms with Gasteiger partial charge >= 0.3 is 0 Å². The summed E-state index contributed by atoms with van der Waals surface area (Å²) in [4.78, 5) is 15.0. The van der Waals surface area contributed by atoms with Gasteiger partial charge in [0.15, 0.2) is 0 Å². The minimum absolute atomic E-state index is 0.117. The molecule has 0 N–H and O–H groups in total. The van der Waals surface area contributed by atoms with Crippen LogP contribution in [0.15, 0.2) is 47.1 Å². The second-order valence-electron chi connectivity index (χ2n) is 8.25. The average Bonchev–Trinajstić information content (AvgIpc) is 3.21. The topological polar surface area (TPSA) is 42.7 Å². The molecule has 4 heteroatoms. The van der Waals surface area contributed by atoms with E-state index >= 15 is 0 Å². The molecule has 2 aliphatic rings. The molecule has 1 saturated heterocycles. The Labute approximate surface area is 148 Å². The molecule has 0 spiro atoms. The highest BCUT2D eigenvalue weighted by atomic mass is 16.5. The second kappa shape index (κ2) is 5.73. The van der Waals surface area contributed by atoms with Crippen LogP contribution in [0.4, 0.5) is 0 Å². The van der Waals surface area contributed by atoms with Gasteiger partial charge in [-0.2, -0.15) is 0 Å². The lowest BCUT2D eigenvalue weighted by Crippen LogP contribution is -2.55. The number of amides is 1. The van der Waals surface area contributed by atoms with Crippen molar-refractivity contribution in [1.29, 1.82) is 0 Å². The summed E-state index contributed by atoms with van der Waals surface area (Å²) in [6.45, 7) is 6.97. The van der Waals surface area contributed by atoms with Gasteiger partial charge in [-0.1, -0.05) is 26.0 Å². The number of fused-ring (bicyclic) bond motifs is 1. The Morgan fingerprint density at radius 2 is 2.04 bits per heavy atom. The molecular weight excluding hydrogens is 314 g/mol. The van der Waals surface area contributed by atoms with Crippen LogP contribution in [-0.2, 0) is 4.74 Å². The Bertz CT molecular complexity index is 763. The molecule has 1 saturated carbocycles. The fourth-order valence-electron chi connectivity index (χ4n) is 5.17. The van der Waals surface area contributed by atoms with E-state index < -0.39 is 0 Å². The quantitative estimate of drug-likeness (QED) is 0.843. The highest BCUT2D eigenvalue weighted by molar-refractivity contribution is 5.95. The predicted molar refractivity (Wildman–Crippen MR) is 96.2 cm³/mol. The molecule has 2 fully saturated rings. The van der Waals surface area contributed by atoms with Gasteiger partial charge in [0, 0.05) is 36.7 Å². The molecule has 1 aliphatic heterocycles. The van der Waals surface area contributed by atoms with E-state index in [4.69, 9.17) is 9.15 Å². The van der Waals surface area contributed by atoms with Crippen LogP contribution in [0.25, 0.3) is 11.3 Å². The third-order valence-electron chi connectivity index (χ3n) is 6.06. The first-order valence-corrected chi connectivity index (χ1v) is 8.87. The Morgan fingerprint density at radius 3 is 2.64 bits per heavy atom. The van der Waals surface area contributed by atoms with Crippen molar-refractivity contribution in [2.45, 2.75) is 20.3 Å². The predicted octanol–water partition coefficient (Wildman–Crippen LogP) is 4.08. The van der Waals surface area contributed by atoms with Crippen LogP contribution in [-0.4, -0.2) is 37.6 Å². The van der Waals surface area contributed by atoms with Crippen LogP contribution in [0, 0.1) is 16.7 Å². The van der Waals surface area contributed by atoms with Gasteiger partial charge in [-0.25, -0.2) is 0 Å². The first kappa shape index (κ1) is 16.4. The fourth-order valence-corrected chi connectivity index (χ4v) is 5.17. The number of likely N-dealkylation sites (tertiary alicyclic amines) is 1. The third kappa shape index (κ3) is 2.60. The van der Waals surface area contributed by atoms with E-state index in [0.29, 0.717) is 5.92 Å². The fraction of sp³-hybridized carbons (Fsp3) is 0.476. The maximum Gasteiger partial charge on any atom is 0.253 e. The SMILES string of the molecule is COC[C@@]12CN(C(=O)c3ccc(-c4ccco4)cc3)C[C@@H]1C(C)(C)C2. The monoisotopic (exact) mass is 339 g/mol. The van der Waals surface area contributed by atoms with Gasteiger partial charge in [0.05, 0.1) is 12.9 Å². The zero-order valence-corrected chi connectivity index (χ0v) is 15.1. The summed E-state index contributed by atoms with van der Waals surface area (Å²) < 4.78 is 10.9. The number of hydrogen-bond acceptors (Lipinski definition) is 3. The molecule has 1 aromatic heterocycles. The molecule has 4 rings (SSSR count). The van der Waals surface area contributed by atoms with Gasteiger partial charge < -0.3 is 14.1 Å². The molecule has 25 heavy (non-hydrogen) atoms. The van der Waals surface area contributed by atoms with Gasteiger partial charge in [0.25, 0.3) is 5.91 Å². The minimum atomic E-state index is 0.117. The number of nitrogens with zero attached hydrogens (tertiary/aromatic N) is 1. The molecule has 4 nitrogen and oxygen atoms in total. The number of benzene rings is 1. The van der Waals surface area contributed by atoms with Crippen molar-refractivity contribution in [1.82, 2.24) is 4.90 Å². The number of carbonyl (C=O) groups excluding carboxylic acids is 1. The van der Waals surface area contributed by atoms with Crippen LogP contribution < -0.4 is 0 Å². The van der Waals surface area contributed by atoms with E-state index in [-0.39, 0.29) is 16.7 Å². The van der Waals surface area contributed by atoms with Crippen LogP contribution in [0.5, 0.6) is 0 Å². The summed E-state index contributed by atoms with van der Waals surface area (Å²) in [5.41, 5.74) is 2.15. The summed E-state index contributed by atoms with van der Waals surface area (Å²) in [5, 5.41) is 0.